The molecule has 1 heterocycles. The zero-order valence-corrected chi connectivity index (χ0v) is 19.2. The Bertz CT molecular complexity index is 1020. The lowest BCUT2D eigenvalue weighted by Crippen LogP contribution is -2.43. The summed E-state index contributed by atoms with van der Waals surface area (Å²) in [5, 5.41) is 9.52. The van der Waals surface area contributed by atoms with Crippen molar-refractivity contribution in [2.75, 3.05) is 13.2 Å². The molecule has 1 N–H and O–H groups in total. The van der Waals surface area contributed by atoms with Gasteiger partial charge in [0, 0.05) is 17.4 Å². The van der Waals surface area contributed by atoms with E-state index in [1.165, 1.54) is 24.6 Å². The van der Waals surface area contributed by atoms with Crippen LogP contribution in [-0.4, -0.2) is 47.2 Å². The Hall–Kier alpha value is -2.44. The average Bonchev–Trinajstić information content (AvgIpc) is 3.49. The maximum absolute atomic E-state index is 15.2. The van der Waals surface area contributed by atoms with Crippen molar-refractivity contribution >= 4 is 11.9 Å². The zero-order valence-electron chi connectivity index (χ0n) is 19.2. The number of allylic oxidation sites excluding steroid dienone is 2. The number of carboxylic acids is 1. The van der Waals surface area contributed by atoms with Gasteiger partial charge in [0.15, 0.2) is 0 Å². The van der Waals surface area contributed by atoms with Crippen LogP contribution in [0, 0.1) is 23.1 Å². The van der Waals surface area contributed by atoms with Crippen molar-refractivity contribution in [2.45, 2.75) is 70.5 Å². The number of rotatable bonds is 6. The van der Waals surface area contributed by atoms with E-state index in [-0.39, 0.29) is 23.4 Å². The fourth-order valence-electron chi connectivity index (χ4n) is 6.20. The molecule has 1 amide bonds. The molecule has 178 valence electrons. The normalized spacial score (nSPS) is 33.2. The van der Waals surface area contributed by atoms with E-state index < -0.39 is 35.8 Å². The first-order chi connectivity index (χ1) is 15.7. The number of amides is 1. The van der Waals surface area contributed by atoms with Crippen molar-refractivity contribution in [3.63, 3.8) is 0 Å². The minimum atomic E-state index is -1.45. The molecule has 5 nitrogen and oxygen atoms in total. The number of nitrogens with zero attached hydrogens (tertiary/aromatic N) is 1. The van der Waals surface area contributed by atoms with E-state index in [1.54, 1.807) is 0 Å². The molecular formula is C26H31F2NO4. The third-order valence-corrected chi connectivity index (χ3v) is 7.99. The van der Waals surface area contributed by atoms with E-state index in [0.717, 1.165) is 49.0 Å². The van der Waals surface area contributed by atoms with Gasteiger partial charge >= 0.3 is 5.97 Å². The lowest BCUT2D eigenvalue weighted by atomic mass is 9.72. The van der Waals surface area contributed by atoms with Crippen LogP contribution in [0.15, 0.2) is 23.8 Å². The monoisotopic (exact) mass is 459 g/mol. The second kappa shape index (κ2) is 8.10. The van der Waals surface area contributed by atoms with Gasteiger partial charge in [-0.05, 0) is 62.0 Å². The highest BCUT2D eigenvalue weighted by Gasteiger charge is 2.47. The third-order valence-electron chi connectivity index (χ3n) is 7.99. The minimum Gasteiger partial charge on any atom is -0.493 e. The molecule has 3 fully saturated rings. The molecule has 1 aromatic carbocycles. The Balaban J connectivity index is 1.39. The Morgan fingerprint density at radius 1 is 1.27 bits per heavy atom. The Morgan fingerprint density at radius 2 is 2.03 bits per heavy atom. The van der Waals surface area contributed by atoms with E-state index in [4.69, 9.17) is 4.74 Å². The summed E-state index contributed by atoms with van der Waals surface area (Å²) in [6, 6.07) is 1.48. The number of hydrogen-bond acceptors (Lipinski definition) is 3. The smallest absolute Gasteiger partial charge is 0.326 e. The summed E-state index contributed by atoms with van der Waals surface area (Å²) in [5.74, 6) is -2.36. The van der Waals surface area contributed by atoms with Crippen molar-refractivity contribution in [1.29, 1.82) is 0 Å². The second-order valence-electron chi connectivity index (χ2n) is 10.8. The number of hydrogen-bond donors (Lipinski definition) is 1. The van der Waals surface area contributed by atoms with Gasteiger partial charge in [-0.1, -0.05) is 25.5 Å². The fourth-order valence-corrected chi connectivity index (χ4v) is 6.20. The molecule has 0 aromatic heterocycles. The number of carboxylic acid groups (broad SMARTS) is 1. The number of halogens is 2. The van der Waals surface area contributed by atoms with Crippen LogP contribution >= 0.6 is 0 Å². The highest BCUT2D eigenvalue weighted by Crippen LogP contribution is 2.51. The number of carbonyl (C=O) groups excluding carboxylic acids is 1. The number of alkyl halides is 1. The highest BCUT2D eigenvalue weighted by atomic mass is 19.1. The second-order valence-corrected chi connectivity index (χ2v) is 10.8. The Labute approximate surface area is 192 Å². The summed E-state index contributed by atoms with van der Waals surface area (Å²) in [4.78, 5) is 25.8. The van der Waals surface area contributed by atoms with Gasteiger partial charge in [0.2, 0.25) is 0 Å². The molecule has 1 aromatic rings. The molecule has 5 rings (SSSR count). The summed E-state index contributed by atoms with van der Waals surface area (Å²) < 4.78 is 35.6. The summed E-state index contributed by atoms with van der Waals surface area (Å²) in [6.45, 7) is 3.89. The summed E-state index contributed by atoms with van der Waals surface area (Å²) in [6.07, 6.45) is 6.99. The molecule has 3 aliphatic carbocycles. The number of aliphatic carboxylic acids is 1. The Morgan fingerprint density at radius 3 is 2.73 bits per heavy atom. The predicted molar refractivity (Wildman–Crippen MR) is 119 cm³/mol. The third kappa shape index (κ3) is 4.04. The summed E-state index contributed by atoms with van der Waals surface area (Å²) in [5.41, 5.74) is 2.15. The van der Waals surface area contributed by atoms with Gasteiger partial charge in [-0.2, -0.15) is 0 Å². The van der Waals surface area contributed by atoms with Crippen molar-refractivity contribution in [3.8, 4) is 5.75 Å². The maximum Gasteiger partial charge on any atom is 0.326 e. The van der Waals surface area contributed by atoms with Crippen LogP contribution in [0.4, 0.5) is 8.78 Å². The van der Waals surface area contributed by atoms with E-state index in [0.29, 0.717) is 18.3 Å². The van der Waals surface area contributed by atoms with Crippen LogP contribution in [-0.2, 0) is 4.79 Å². The average molecular weight is 460 g/mol. The summed E-state index contributed by atoms with van der Waals surface area (Å²) in [7, 11) is 0. The lowest BCUT2D eigenvalue weighted by molar-refractivity contribution is -0.142. The van der Waals surface area contributed by atoms with Gasteiger partial charge in [-0.15, -0.1) is 0 Å². The molecule has 5 atom stereocenters. The predicted octanol–water partition coefficient (Wildman–Crippen LogP) is 5.10. The molecule has 4 aliphatic rings. The van der Waals surface area contributed by atoms with Gasteiger partial charge in [0.05, 0.1) is 18.7 Å². The van der Waals surface area contributed by atoms with Gasteiger partial charge in [0.1, 0.15) is 23.8 Å². The van der Waals surface area contributed by atoms with Gasteiger partial charge in [-0.25, -0.2) is 13.6 Å². The summed E-state index contributed by atoms with van der Waals surface area (Å²) >= 11 is 0. The standard InChI is InChI=1S/C26H31F2NO4/c1-14-7-16-5-6-26(10-14,11-16)13-33-22-9-20(27)19(8-18(22)17-3-4-17)24(30)29-12-21(28)15(2)23(29)25(31)32/h5,8-9,14-15,17,21,23H,3-4,6-7,10-13H2,1-2H3,(H,31,32)/t14?,15-,21-,23-,26?/m0/s1. The first-order valence-corrected chi connectivity index (χ1v) is 12.0. The highest BCUT2D eigenvalue weighted by molar-refractivity contribution is 5.97. The minimum absolute atomic E-state index is 0.0648. The van der Waals surface area contributed by atoms with Gasteiger partial charge in [0.25, 0.3) is 5.91 Å². The van der Waals surface area contributed by atoms with E-state index in [1.807, 2.05) is 0 Å². The Kier molecular flexibility index (Phi) is 5.49. The molecule has 2 saturated carbocycles. The topological polar surface area (TPSA) is 66.8 Å². The zero-order chi connectivity index (χ0) is 23.5. The van der Waals surface area contributed by atoms with Crippen LogP contribution in [0.1, 0.15) is 74.2 Å². The largest absolute Gasteiger partial charge is 0.493 e. The van der Waals surface area contributed by atoms with Gasteiger partial charge in [-0.3, -0.25) is 4.79 Å². The first-order valence-electron chi connectivity index (χ1n) is 12.0. The maximum atomic E-state index is 15.2. The molecule has 0 spiro atoms. The quantitative estimate of drug-likeness (QED) is 0.601. The molecule has 2 bridgehead atoms. The van der Waals surface area contributed by atoms with Crippen LogP contribution in [0.25, 0.3) is 0 Å². The molecule has 33 heavy (non-hydrogen) atoms. The van der Waals surface area contributed by atoms with Crippen molar-refractivity contribution in [2.24, 2.45) is 17.3 Å². The number of likely N-dealkylation sites (tertiary alicyclic amines) is 1. The van der Waals surface area contributed by atoms with Crippen LogP contribution in [0.2, 0.25) is 0 Å². The lowest BCUT2D eigenvalue weighted by Gasteiger charge is -2.36. The van der Waals surface area contributed by atoms with Crippen LogP contribution in [0.3, 0.4) is 0 Å². The van der Waals surface area contributed by atoms with E-state index >= 15 is 4.39 Å². The molecule has 0 radical (unpaired) electrons. The van der Waals surface area contributed by atoms with E-state index in [9.17, 15) is 19.1 Å². The van der Waals surface area contributed by atoms with Crippen LogP contribution in [0.5, 0.6) is 5.75 Å². The fraction of sp³-hybridized carbons (Fsp3) is 0.615. The first kappa shape index (κ1) is 22.4. The van der Waals surface area contributed by atoms with Gasteiger partial charge < -0.3 is 14.7 Å². The van der Waals surface area contributed by atoms with Crippen LogP contribution < -0.4 is 4.74 Å². The number of carbonyl (C=O) groups is 2. The van der Waals surface area contributed by atoms with Crippen molar-refractivity contribution in [1.82, 2.24) is 4.90 Å². The van der Waals surface area contributed by atoms with Crippen molar-refractivity contribution < 1.29 is 28.2 Å². The molecular weight excluding hydrogens is 428 g/mol. The SMILES string of the molecule is CC1CC2=CCC(COc3cc(F)c(C(=O)N4C[C@H](F)[C@H](C)[C@H]4C(=O)O)cc3C3CC3)(C2)C1. The van der Waals surface area contributed by atoms with E-state index in [2.05, 4.69) is 13.0 Å². The molecule has 7 heteroatoms. The number of ether oxygens (including phenoxy) is 1. The molecule has 1 saturated heterocycles. The number of fused-ring (bicyclic) bond motifs is 2. The molecule has 1 aliphatic heterocycles. The molecule has 2 unspecified atom stereocenters. The van der Waals surface area contributed by atoms with Crippen molar-refractivity contribution in [3.05, 3.63) is 40.7 Å². The number of benzene rings is 1.